The van der Waals surface area contributed by atoms with Gasteiger partial charge in [-0.2, -0.15) is 46.9 Å². The highest BCUT2D eigenvalue weighted by atomic mass is 19.4. The van der Waals surface area contributed by atoms with Crippen LogP contribution in [0.25, 0.3) is 65.9 Å². The lowest BCUT2D eigenvalue weighted by atomic mass is 10.0. The van der Waals surface area contributed by atoms with E-state index in [1.807, 2.05) is 0 Å². The summed E-state index contributed by atoms with van der Waals surface area (Å²) in [7, 11) is 0. The SMILES string of the molecule is N#C/N=c1\c2ccc(-c3ccc(C(F)(F)F)cc3)cc2c2nc3/c(=N/C#N)c4ccc(-c5ccc(C(F)(F)F)cc5)cc4c3nc12. The molecule has 12 heteroatoms. The quantitative estimate of drug-likeness (QED) is 0.144. The summed E-state index contributed by atoms with van der Waals surface area (Å²) in [6.07, 6.45) is -5.39. The molecule has 222 valence electrons. The summed E-state index contributed by atoms with van der Waals surface area (Å²) in [5.74, 6) is 0. The molecule has 0 amide bonds. The Balaban J connectivity index is 1.48. The summed E-state index contributed by atoms with van der Waals surface area (Å²) in [4.78, 5) is 17.7. The Morgan fingerprint density at radius 1 is 0.457 bits per heavy atom. The Labute approximate surface area is 254 Å². The molecule has 6 aromatic carbocycles. The van der Waals surface area contributed by atoms with E-state index in [0.29, 0.717) is 54.8 Å². The van der Waals surface area contributed by atoms with Gasteiger partial charge in [-0.05, 0) is 58.7 Å². The van der Waals surface area contributed by atoms with Crippen molar-refractivity contribution in [2.75, 3.05) is 0 Å². The fourth-order valence-corrected chi connectivity index (χ4v) is 5.68. The molecule has 7 aromatic rings. The standard InChI is InChI=1S/C34H14F6N6/c35-33(36,37)21-7-1-17(2-8-21)19-5-11-23-25(13-19)29-31(27(23)43-15-41)46-30-26-14-20(18-3-9-22(10-4-18)34(38,39)40)6-12-24(26)28(44-16-42)32(30)45-29/h1-14H/b43-27+,44-28+. The maximum absolute atomic E-state index is 13.1. The minimum absolute atomic E-state index is 0.243. The first-order valence-electron chi connectivity index (χ1n) is 13.5. The monoisotopic (exact) mass is 620 g/mol. The third kappa shape index (κ3) is 4.59. The van der Waals surface area contributed by atoms with Gasteiger partial charge in [-0.15, -0.1) is 0 Å². The van der Waals surface area contributed by atoms with E-state index in [9.17, 15) is 36.9 Å². The molecule has 0 aliphatic heterocycles. The first kappa shape index (κ1) is 28.6. The van der Waals surface area contributed by atoms with Crippen LogP contribution in [0.1, 0.15) is 11.1 Å². The fraction of sp³-hybridized carbons (Fsp3) is 0.0588. The third-order valence-electron chi connectivity index (χ3n) is 7.82. The summed E-state index contributed by atoms with van der Waals surface area (Å²) in [5, 5.41) is 21.6. The number of alkyl halides is 6. The van der Waals surface area contributed by atoms with E-state index in [1.54, 1.807) is 48.8 Å². The van der Waals surface area contributed by atoms with Crippen molar-refractivity contribution in [1.82, 2.24) is 9.97 Å². The minimum Gasteiger partial charge on any atom is -0.241 e. The highest BCUT2D eigenvalue weighted by molar-refractivity contribution is 6.15. The number of aromatic nitrogens is 2. The molecule has 1 heterocycles. The van der Waals surface area contributed by atoms with E-state index < -0.39 is 23.5 Å². The lowest BCUT2D eigenvalue weighted by Gasteiger charge is -2.08. The van der Waals surface area contributed by atoms with Crippen LogP contribution in [0.4, 0.5) is 26.3 Å². The lowest BCUT2D eigenvalue weighted by molar-refractivity contribution is -0.138. The third-order valence-corrected chi connectivity index (χ3v) is 7.82. The van der Waals surface area contributed by atoms with Gasteiger partial charge in [0.25, 0.3) is 0 Å². The van der Waals surface area contributed by atoms with Crippen LogP contribution in [0.15, 0.2) is 94.9 Å². The number of rotatable bonds is 2. The van der Waals surface area contributed by atoms with Crippen molar-refractivity contribution in [2.24, 2.45) is 9.98 Å². The topological polar surface area (TPSA) is 98.1 Å². The Morgan fingerprint density at radius 2 is 0.804 bits per heavy atom. The molecule has 0 fully saturated rings. The van der Waals surface area contributed by atoms with Crippen molar-refractivity contribution < 1.29 is 26.3 Å². The summed E-state index contributed by atoms with van der Waals surface area (Å²) < 4.78 is 78.7. The van der Waals surface area contributed by atoms with Crippen LogP contribution < -0.4 is 10.7 Å². The lowest BCUT2D eigenvalue weighted by Crippen LogP contribution is -2.04. The second-order valence-electron chi connectivity index (χ2n) is 10.4. The average Bonchev–Trinajstić information content (AvgIpc) is 3.50. The van der Waals surface area contributed by atoms with Gasteiger partial charge in [-0.1, -0.05) is 48.5 Å². The normalized spacial score (nSPS) is 13.2. The number of hydrogen-bond acceptors (Lipinski definition) is 6. The van der Waals surface area contributed by atoms with E-state index in [1.165, 1.54) is 24.3 Å². The van der Waals surface area contributed by atoms with Crippen molar-refractivity contribution in [1.29, 1.82) is 10.5 Å². The summed E-state index contributed by atoms with van der Waals surface area (Å²) in [6, 6.07) is 19.6. The van der Waals surface area contributed by atoms with E-state index in [-0.39, 0.29) is 21.7 Å². The van der Waals surface area contributed by atoms with Crippen molar-refractivity contribution >= 4 is 43.6 Å². The number of fused-ring (bicyclic) bond motifs is 6. The smallest absolute Gasteiger partial charge is 0.241 e. The predicted octanol–water partition coefficient (Wildman–Crippen LogP) is 8.10. The van der Waals surface area contributed by atoms with Gasteiger partial charge < -0.3 is 0 Å². The zero-order chi connectivity index (χ0) is 32.4. The number of halogens is 6. The van der Waals surface area contributed by atoms with E-state index in [4.69, 9.17) is 9.97 Å². The molecular formula is C34H14F6N6. The molecule has 0 N–H and O–H groups in total. The Hall–Kier alpha value is -6.14. The van der Waals surface area contributed by atoms with Crippen molar-refractivity contribution in [3.05, 3.63) is 107 Å². The first-order valence-corrected chi connectivity index (χ1v) is 13.5. The van der Waals surface area contributed by atoms with Gasteiger partial charge in [0.15, 0.2) is 0 Å². The van der Waals surface area contributed by atoms with Crippen molar-refractivity contribution in [3.63, 3.8) is 0 Å². The molecule has 0 saturated heterocycles. The number of nitrogens with zero attached hydrogens (tertiary/aromatic N) is 6. The first-order chi connectivity index (χ1) is 22.0. The van der Waals surface area contributed by atoms with Gasteiger partial charge in [-0.3, -0.25) is 0 Å². The summed E-state index contributed by atoms with van der Waals surface area (Å²) >= 11 is 0. The van der Waals surface area contributed by atoms with Crippen LogP contribution in [0.5, 0.6) is 0 Å². The highest BCUT2D eigenvalue weighted by Crippen LogP contribution is 2.35. The minimum atomic E-state index is -4.48. The van der Waals surface area contributed by atoms with Gasteiger partial charge in [0.05, 0.1) is 22.2 Å². The molecular weight excluding hydrogens is 606 g/mol. The van der Waals surface area contributed by atoms with Gasteiger partial charge in [0, 0.05) is 21.5 Å². The van der Waals surface area contributed by atoms with E-state index in [0.717, 1.165) is 24.3 Å². The van der Waals surface area contributed by atoms with Crippen LogP contribution >= 0.6 is 0 Å². The molecule has 0 aliphatic rings. The van der Waals surface area contributed by atoms with E-state index >= 15 is 0 Å². The molecule has 0 saturated carbocycles. The second kappa shape index (κ2) is 10.2. The number of benzene rings is 4. The number of nitriles is 2. The largest absolute Gasteiger partial charge is 0.416 e. The molecule has 7 rings (SSSR count). The Bertz CT molecular complexity index is 2380. The van der Waals surface area contributed by atoms with Crippen molar-refractivity contribution in [3.8, 4) is 34.6 Å². The predicted molar refractivity (Wildman–Crippen MR) is 158 cm³/mol. The van der Waals surface area contributed by atoms with E-state index in [2.05, 4.69) is 9.98 Å². The number of hydrogen-bond donors (Lipinski definition) is 0. The maximum atomic E-state index is 13.1. The molecule has 0 bridgehead atoms. The second-order valence-corrected chi connectivity index (χ2v) is 10.4. The van der Waals surface area contributed by atoms with Gasteiger partial charge in [0.2, 0.25) is 12.4 Å². The average molecular weight is 621 g/mol. The van der Waals surface area contributed by atoms with Crippen LogP contribution in [-0.4, -0.2) is 9.97 Å². The van der Waals surface area contributed by atoms with Gasteiger partial charge in [-0.25, -0.2) is 9.97 Å². The zero-order valence-electron chi connectivity index (χ0n) is 23.0. The van der Waals surface area contributed by atoms with Crippen LogP contribution in [0.3, 0.4) is 0 Å². The van der Waals surface area contributed by atoms with Crippen LogP contribution in [-0.2, 0) is 12.4 Å². The summed E-state index contributed by atoms with van der Waals surface area (Å²) in [5.41, 5.74) is 1.92. The summed E-state index contributed by atoms with van der Waals surface area (Å²) in [6.45, 7) is 0. The molecule has 0 aliphatic carbocycles. The molecule has 0 unspecified atom stereocenters. The fourth-order valence-electron chi connectivity index (χ4n) is 5.68. The molecule has 0 radical (unpaired) electrons. The van der Waals surface area contributed by atoms with Gasteiger partial charge >= 0.3 is 12.4 Å². The van der Waals surface area contributed by atoms with Crippen LogP contribution in [0.2, 0.25) is 0 Å². The highest BCUT2D eigenvalue weighted by Gasteiger charge is 2.31. The van der Waals surface area contributed by atoms with Crippen LogP contribution in [0, 0.1) is 22.9 Å². The molecule has 46 heavy (non-hydrogen) atoms. The molecule has 0 spiro atoms. The maximum Gasteiger partial charge on any atom is 0.416 e. The molecule has 6 nitrogen and oxygen atoms in total. The Kier molecular flexibility index (Phi) is 6.35. The Morgan fingerprint density at radius 3 is 1.13 bits per heavy atom. The molecule has 1 aromatic heterocycles. The van der Waals surface area contributed by atoms with Crippen molar-refractivity contribution in [2.45, 2.75) is 12.4 Å². The zero-order valence-corrected chi connectivity index (χ0v) is 23.0. The van der Waals surface area contributed by atoms with Gasteiger partial charge in [0.1, 0.15) is 21.7 Å². The molecule has 0 atom stereocenters.